The van der Waals surface area contributed by atoms with E-state index in [0.717, 1.165) is 12.1 Å². The van der Waals surface area contributed by atoms with Crippen molar-refractivity contribution in [3.63, 3.8) is 0 Å². The van der Waals surface area contributed by atoms with Gasteiger partial charge in [0.15, 0.2) is 0 Å². The monoisotopic (exact) mass is 273 g/mol. The molecular weight excluding hydrogens is 254 g/mol. The number of nitrogens with zero attached hydrogens (tertiary/aromatic N) is 3. The number of anilines is 1. The van der Waals surface area contributed by atoms with Crippen molar-refractivity contribution in [2.75, 3.05) is 5.32 Å². The molecule has 6 nitrogen and oxygen atoms in total. The van der Waals surface area contributed by atoms with Crippen LogP contribution in [0.2, 0.25) is 0 Å². The van der Waals surface area contributed by atoms with Crippen LogP contribution >= 0.6 is 0 Å². The molecule has 2 rings (SSSR count). The van der Waals surface area contributed by atoms with Crippen LogP contribution in [0.15, 0.2) is 30.5 Å². The number of nitrogens with two attached hydrogens (primary N) is 1. The van der Waals surface area contributed by atoms with Gasteiger partial charge in [-0.05, 0) is 31.0 Å². The van der Waals surface area contributed by atoms with Crippen LogP contribution in [0.1, 0.15) is 31.1 Å². The summed E-state index contributed by atoms with van der Waals surface area (Å²) in [6, 6.07) is 7.60. The fourth-order valence-corrected chi connectivity index (χ4v) is 1.82. The zero-order chi connectivity index (χ0) is 14.5. The van der Waals surface area contributed by atoms with Crippen LogP contribution in [0.5, 0.6) is 0 Å². The fraction of sp³-hybridized carbons (Fsp3) is 0.357. The van der Waals surface area contributed by atoms with E-state index < -0.39 is 0 Å². The van der Waals surface area contributed by atoms with Crippen LogP contribution < -0.4 is 11.1 Å². The van der Waals surface area contributed by atoms with Gasteiger partial charge in [-0.25, -0.2) is 4.68 Å². The van der Waals surface area contributed by atoms with Crippen molar-refractivity contribution in [3.8, 4) is 0 Å². The largest absolute Gasteiger partial charge is 0.324 e. The Morgan fingerprint density at radius 1 is 1.50 bits per heavy atom. The molecule has 1 atom stereocenters. The van der Waals surface area contributed by atoms with Crippen LogP contribution in [0.3, 0.4) is 0 Å². The van der Waals surface area contributed by atoms with E-state index in [-0.39, 0.29) is 18.5 Å². The Balaban J connectivity index is 1.97. The molecular formula is C14H19N5O. The molecule has 6 heteroatoms. The molecule has 0 radical (unpaired) electrons. The summed E-state index contributed by atoms with van der Waals surface area (Å²) in [5.74, 6) is -0.139. The first-order valence-electron chi connectivity index (χ1n) is 6.63. The lowest BCUT2D eigenvalue weighted by atomic mass is 10.1. The van der Waals surface area contributed by atoms with Crippen molar-refractivity contribution >= 4 is 11.6 Å². The van der Waals surface area contributed by atoms with E-state index in [1.165, 1.54) is 10.2 Å². The third kappa shape index (κ3) is 3.64. The first kappa shape index (κ1) is 14.2. The van der Waals surface area contributed by atoms with Gasteiger partial charge in [-0.1, -0.05) is 24.3 Å². The third-order valence-electron chi connectivity index (χ3n) is 2.95. The molecule has 0 saturated carbocycles. The van der Waals surface area contributed by atoms with E-state index in [2.05, 4.69) is 22.6 Å². The highest BCUT2D eigenvalue weighted by molar-refractivity contribution is 5.90. The minimum absolute atomic E-state index is 0.121. The maximum absolute atomic E-state index is 11.9. The van der Waals surface area contributed by atoms with Crippen molar-refractivity contribution < 1.29 is 4.79 Å². The topological polar surface area (TPSA) is 85.8 Å². The summed E-state index contributed by atoms with van der Waals surface area (Å²) in [5, 5.41) is 10.6. The van der Waals surface area contributed by atoms with Gasteiger partial charge < -0.3 is 11.1 Å². The van der Waals surface area contributed by atoms with E-state index in [9.17, 15) is 4.79 Å². The zero-order valence-electron chi connectivity index (χ0n) is 11.7. The molecule has 20 heavy (non-hydrogen) atoms. The number of aromatic nitrogens is 3. The number of carbonyl (C=O) groups excluding carboxylic acids is 1. The maximum atomic E-state index is 11.9. The maximum Gasteiger partial charge on any atom is 0.246 e. The Hall–Kier alpha value is -2.21. The van der Waals surface area contributed by atoms with Gasteiger partial charge in [-0.2, -0.15) is 0 Å². The van der Waals surface area contributed by atoms with Crippen LogP contribution in [0.4, 0.5) is 5.69 Å². The van der Waals surface area contributed by atoms with Crippen molar-refractivity contribution in [2.24, 2.45) is 5.73 Å². The van der Waals surface area contributed by atoms with Crippen LogP contribution in [-0.4, -0.2) is 20.9 Å². The molecule has 1 unspecified atom stereocenters. The second-order valence-corrected chi connectivity index (χ2v) is 4.73. The second-order valence-electron chi connectivity index (χ2n) is 4.73. The molecule has 0 fully saturated rings. The molecule has 0 spiro atoms. The van der Waals surface area contributed by atoms with E-state index >= 15 is 0 Å². The normalized spacial score (nSPS) is 12.2. The molecule has 1 aromatic carbocycles. The predicted molar refractivity (Wildman–Crippen MR) is 77.1 cm³/mol. The Morgan fingerprint density at radius 2 is 2.30 bits per heavy atom. The number of amides is 1. The summed E-state index contributed by atoms with van der Waals surface area (Å²) in [5.41, 5.74) is 8.35. The number of benzene rings is 1. The van der Waals surface area contributed by atoms with Crippen molar-refractivity contribution in [1.29, 1.82) is 0 Å². The Bertz CT molecular complexity index is 591. The lowest BCUT2D eigenvalue weighted by Crippen LogP contribution is -2.19. The first-order chi connectivity index (χ1) is 9.58. The Kier molecular flexibility index (Phi) is 4.47. The van der Waals surface area contributed by atoms with Crippen molar-refractivity contribution in [1.82, 2.24) is 15.0 Å². The highest BCUT2D eigenvalue weighted by Crippen LogP contribution is 2.11. The summed E-state index contributed by atoms with van der Waals surface area (Å²) in [4.78, 5) is 11.9. The summed E-state index contributed by atoms with van der Waals surface area (Å²) in [6.07, 6.45) is 2.62. The van der Waals surface area contributed by atoms with Crippen molar-refractivity contribution in [2.45, 2.75) is 32.9 Å². The van der Waals surface area contributed by atoms with E-state index in [1.54, 1.807) is 6.20 Å². The van der Waals surface area contributed by atoms with Crippen molar-refractivity contribution in [3.05, 3.63) is 41.7 Å². The molecule has 3 N–H and O–H groups in total. The summed E-state index contributed by atoms with van der Waals surface area (Å²) >= 11 is 0. The second kappa shape index (κ2) is 6.29. The lowest BCUT2D eigenvalue weighted by molar-refractivity contribution is -0.116. The molecule has 2 aromatic rings. The molecule has 0 aliphatic rings. The molecule has 1 aromatic heterocycles. The zero-order valence-corrected chi connectivity index (χ0v) is 11.7. The number of hydrogen-bond acceptors (Lipinski definition) is 4. The quantitative estimate of drug-likeness (QED) is 0.864. The highest BCUT2D eigenvalue weighted by atomic mass is 16.2. The average molecular weight is 273 g/mol. The van der Waals surface area contributed by atoms with Gasteiger partial charge in [0.1, 0.15) is 6.54 Å². The smallest absolute Gasteiger partial charge is 0.246 e. The summed E-state index contributed by atoms with van der Waals surface area (Å²) in [6.45, 7) is 4.02. The SMILES string of the molecule is CCc1cccc(NC(=O)Cn2cc(C(C)N)nn2)c1. The van der Waals surface area contributed by atoms with E-state index in [1.807, 2.05) is 31.2 Å². The fourth-order valence-electron chi connectivity index (χ4n) is 1.82. The molecule has 0 aliphatic heterocycles. The van der Waals surface area contributed by atoms with Crippen LogP contribution in [-0.2, 0) is 17.8 Å². The molecule has 0 saturated heterocycles. The number of nitrogens with one attached hydrogen (secondary N) is 1. The minimum Gasteiger partial charge on any atom is -0.324 e. The minimum atomic E-state index is -0.187. The Morgan fingerprint density at radius 3 is 2.95 bits per heavy atom. The van der Waals surface area contributed by atoms with Gasteiger partial charge in [0.05, 0.1) is 11.9 Å². The highest BCUT2D eigenvalue weighted by Gasteiger charge is 2.08. The van der Waals surface area contributed by atoms with Gasteiger partial charge in [0.25, 0.3) is 0 Å². The first-order valence-corrected chi connectivity index (χ1v) is 6.63. The van der Waals surface area contributed by atoms with Gasteiger partial charge in [-0.15, -0.1) is 5.10 Å². The third-order valence-corrected chi connectivity index (χ3v) is 2.95. The number of rotatable bonds is 5. The standard InChI is InChI=1S/C14H19N5O/c1-3-11-5-4-6-12(7-11)16-14(20)9-19-8-13(10(2)15)17-18-19/h4-8,10H,3,9,15H2,1-2H3,(H,16,20). The number of carbonyl (C=O) groups is 1. The van der Waals surface area contributed by atoms with Gasteiger partial charge >= 0.3 is 0 Å². The van der Waals surface area contributed by atoms with Crippen LogP contribution in [0.25, 0.3) is 0 Å². The van der Waals surface area contributed by atoms with E-state index in [0.29, 0.717) is 5.69 Å². The molecule has 0 bridgehead atoms. The molecule has 0 aliphatic carbocycles. The lowest BCUT2D eigenvalue weighted by Gasteiger charge is -2.06. The predicted octanol–water partition coefficient (Wildman–Crippen LogP) is 1.50. The number of hydrogen-bond donors (Lipinski definition) is 2. The summed E-state index contributed by atoms with van der Waals surface area (Å²) < 4.78 is 1.48. The number of aryl methyl sites for hydroxylation is 1. The van der Waals surface area contributed by atoms with E-state index in [4.69, 9.17) is 5.73 Å². The molecule has 106 valence electrons. The van der Waals surface area contributed by atoms with Gasteiger partial charge in [-0.3, -0.25) is 4.79 Å². The Labute approximate surface area is 118 Å². The van der Waals surface area contributed by atoms with Gasteiger partial charge in [0, 0.05) is 11.7 Å². The summed E-state index contributed by atoms with van der Waals surface area (Å²) in [7, 11) is 0. The average Bonchev–Trinajstić information content (AvgIpc) is 2.87. The molecule has 1 heterocycles. The van der Waals surface area contributed by atoms with Gasteiger partial charge in [0.2, 0.25) is 5.91 Å². The van der Waals surface area contributed by atoms with Crippen LogP contribution in [0, 0.1) is 0 Å². The molecule has 1 amide bonds.